The molecule has 0 aliphatic heterocycles. The predicted molar refractivity (Wildman–Crippen MR) is 48.7 cm³/mol. The van der Waals surface area contributed by atoms with Crippen LogP contribution in [0.15, 0.2) is 0 Å². The number of rotatable bonds is 5. The highest BCUT2D eigenvalue weighted by molar-refractivity contribution is 8.06. The number of hydrogen-bond donors (Lipinski definition) is 2. The fraction of sp³-hybridized carbons (Fsp3) is 1.00. The fourth-order valence-corrected chi connectivity index (χ4v) is 1.27. The molecule has 0 spiro atoms. The molecule has 0 amide bonds. The van der Waals surface area contributed by atoms with Gasteiger partial charge in [-0.2, -0.15) is 0 Å². The Morgan fingerprint density at radius 2 is 2.00 bits per heavy atom. The van der Waals surface area contributed by atoms with E-state index in [9.17, 15) is 0 Å². The Labute approximate surface area is 72.6 Å². The maximum atomic E-state index is 8.64. The van der Waals surface area contributed by atoms with Crippen LogP contribution in [-0.2, 0) is 16.3 Å². The summed E-state index contributed by atoms with van der Waals surface area (Å²) >= 11 is 4.26. The lowest BCUT2D eigenvalue weighted by molar-refractivity contribution is 0.242. The maximum absolute atomic E-state index is 8.64. The molecule has 0 aromatic heterocycles. The summed E-state index contributed by atoms with van der Waals surface area (Å²) in [5.74, 6) is 0.619. The molecule has 0 saturated heterocycles. The minimum atomic E-state index is -3.39. The van der Waals surface area contributed by atoms with Gasteiger partial charge < -0.3 is 14.3 Å². The summed E-state index contributed by atoms with van der Waals surface area (Å²) in [6, 6.07) is 0. The van der Waals surface area contributed by atoms with Gasteiger partial charge in [0.25, 0.3) is 0 Å². The highest BCUT2D eigenvalue weighted by Gasteiger charge is 2.06. The zero-order chi connectivity index (χ0) is 8.91. The van der Waals surface area contributed by atoms with Crippen molar-refractivity contribution in [3.05, 3.63) is 0 Å². The Balaban J connectivity index is 3.22. The molecule has 0 bridgehead atoms. The van der Waals surface area contributed by atoms with E-state index in [0.29, 0.717) is 12.5 Å². The average molecular weight is 198 g/mol. The third kappa shape index (κ3) is 10.5. The molecule has 0 aliphatic carbocycles. The minimum Gasteiger partial charge on any atom is -0.325 e. The summed E-state index contributed by atoms with van der Waals surface area (Å²) in [5, 5.41) is 0. The van der Waals surface area contributed by atoms with Gasteiger partial charge >= 0.3 is 6.72 Å². The molecule has 2 N–H and O–H groups in total. The second-order valence-electron chi connectivity index (χ2n) is 2.86. The van der Waals surface area contributed by atoms with Crippen LogP contribution in [-0.4, -0.2) is 16.4 Å². The maximum Gasteiger partial charge on any atom is 0.321 e. The Morgan fingerprint density at radius 1 is 1.45 bits per heavy atom. The summed E-state index contributed by atoms with van der Waals surface area (Å²) < 4.78 is 4.62. The fourth-order valence-electron chi connectivity index (χ4n) is 0.675. The second kappa shape index (κ2) is 5.22. The van der Waals surface area contributed by atoms with Crippen LogP contribution in [0.2, 0.25) is 0 Å². The Bertz CT molecular complexity index is 143. The van der Waals surface area contributed by atoms with Crippen LogP contribution < -0.4 is 0 Å². The summed E-state index contributed by atoms with van der Waals surface area (Å²) in [6.45, 7) is 1.17. The van der Waals surface area contributed by atoms with Gasteiger partial charge in [-0.15, -0.1) is 0 Å². The molecule has 0 radical (unpaired) electrons. The van der Waals surface area contributed by atoms with Gasteiger partial charge in [0.05, 0.1) is 6.61 Å². The standard InChI is InChI=1S/C6H15O3PS/c1-6(2)4-3-5-9-10(7,8)11/h6H,3-5H2,1-2H3,(H2,7,8,11). The molecule has 0 unspecified atom stereocenters. The van der Waals surface area contributed by atoms with Crippen molar-refractivity contribution in [1.29, 1.82) is 0 Å². The van der Waals surface area contributed by atoms with Crippen molar-refractivity contribution in [3.8, 4) is 0 Å². The lowest BCUT2D eigenvalue weighted by Gasteiger charge is -2.08. The van der Waals surface area contributed by atoms with Crippen LogP contribution in [0, 0.1) is 5.92 Å². The average Bonchev–Trinajstić information content (AvgIpc) is 1.78. The zero-order valence-electron chi connectivity index (χ0n) is 6.86. The zero-order valence-corrected chi connectivity index (χ0v) is 8.57. The van der Waals surface area contributed by atoms with Gasteiger partial charge in [-0.05, 0) is 30.6 Å². The van der Waals surface area contributed by atoms with Crippen molar-refractivity contribution >= 4 is 18.5 Å². The SMILES string of the molecule is CC(C)CCCOP(O)(O)=S. The first-order valence-corrected chi connectivity index (χ1v) is 6.24. The first-order chi connectivity index (χ1) is 4.92. The van der Waals surface area contributed by atoms with Gasteiger partial charge in [0.15, 0.2) is 0 Å². The normalized spacial score (nSPS) is 12.5. The van der Waals surface area contributed by atoms with E-state index in [1.165, 1.54) is 0 Å². The van der Waals surface area contributed by atoms with E-state index in [1.807, 2.05) is 0 Å². The van der Waals surface area contributed by atoms with Crippen molar-refractivity contribution in [2.24, 2.45) is 5.92 Å². The van der Waals surface area contributed by atoms with E-state index in [-0.39, 0.29) is 0 Å². The van der Waals surface area contributed by atoms with Gasteiger partial charge in [0, 0.05) is 0 Å². The topological polar surface area (TPSA) is 49.7 Å². The van der Waals surface area contributed by atoms with Crippen molar-refractivity contribution in [1.82, 2.24) is 0 Å². The molecule has 68 valence electrons. The lowest BCUT2D eigenvalue weighted by Crippen LogP contribution is -1.94. The van der Waals surface area contributed by atoms with E-state index < -0.39 is 6.72 Å². The molecular formula is C6H15O3PS. The van der Waals surface area contributed by atoms with Gasteiger partial charge in [-0.1, -0.05) is 13.8 Å². The summed E-state index contributed by atoms with van der Waals surface area (Å²) in [4.78, 5) is 17.3. The monoisotopic (exact) mass is 198 g/mol. The summed E-state index contributed by atoms with van der Waals surface area (Å²) in [6.07, 6.45) is 1.85. The molecule has 5 heteroatoms. The van der Waals surface area contributed by atoms with E-state index in [0.717, 1.165) is 12.8 Å². The molecule has 0 atom stereocenters. The van der Waals surface area contributed by atoms with E-state index in [2.05, 4.69) is 30.2 Å². The van der Waals surface area contributed by atoms with Crippen molar-refractivity contribution < 1.29 is 14.3 Å². The highest BCUT2D eigenvalue weighted by Crippen LogP contribution is 2.36. The largest absolute Gasteiger partial charge is 0.325 e. The molecular weight excluding hydrogens is 183 g/mol. The molecule has 0 aromatic carbocycles. The van der Waals surface area contributed by atoms with E-state index in [1.54, 1.807) is 0 Å². The van der Waals surface area contributed by atoms with Crippen molar-refractivity contribution in [2.75, 3.05) is 6.61 Å². The Hall–Kier alpha value is 0.530. The number of hydrogen-bond acceptors (Lipinski definition) is 2. The van der Waals surface area contributed by atoms with Gasteiger partial charge in [0.1, 0.15) is 0 Å². The molecule has 0 aromatic rings. The van der Waals surface area contributed by atoms with Crippen LogP contribution in [0.25, 0.3) is 0 Å². The molecule has 0 heterocycles. The molecule has 0 aliphatic rings. The van der Waals surface area contributed by atoms with E-state index in [4.69, 9.17) is 9.79 Å². The van der Waals surface area contributed by atoms with Crippen LogP contribution in [0.4, 0.5) is 0 Å². The third-order valence-electron chi connectivity index (χ3n) is 1.19. The van der Waals surface area contributed by atoms with Crippen LogP contribution in [0.1, 0.15) is 26.7 Å². The lowest BCUT2D eigenvalue weighted by atomic mass is 10.1. The summed E-state index contributed by atoms with van der Waals surface area (Å²) in [5.41, 5.74) is 0. The Kier molecular flexibility index (Phi) is 5.48. The van der Waals surface area contributed by atoms with Crippen LogP contribution in [0.5, 0.6) is 0 Å². The van der Waals surface area contributed by atoms with Crippen LogP contribution >= 0.6 is 6.72 Å². The predicted octanol–water partition coefficient (Wildman–Crippen LogP) is 1.65. The Morgan fingerprint density at radius 3 is 2.36 bits per heavy atom. The molecule has 11 heavy (non-hydrogen) atoms. The smallest absolute Gasteiger partial charge is 0.321 e. The summed E-state index contributed by atoms with van der Waals surface area (Å²) in [7, 11) is 0. The molecule has 3 nitrogen and oxygen atoms in total. The molecule has 0 fully saturated rings. The first-order valence-electron chi connectivity index (χ1n) is 3.62. The third-order valence-corrected chi connectivity index (χ3v) is 2.02. The van der Waals surface area contributed by atoms with Crippen molar-refractivity contribution in [3.63, 3.8) is 0 Å². The van der Waals surface area contributed by atoms with Crippen LogP contribution in [0.3, 0.4) is 0 Å². The quantitative estimate of drug-likeness (QED) is 0.521. The first kappa shape index (κ1) is 11.5. The van der Waals surface area contributed by atoms with Gasteiger partial charge in [0.2, 0.25) is 0 Å². The second-order valence-corrected chi connectivity index (χ2v) is 5.53. The minimum absolute atomic E-state index is 0.350. The van der Waals surface area contributed by atoms with E-state index >= 15 is 0 Å². The van der Waals surface area contributed by atoms with Gasteiger partial charge in [-0.25, -0.2) is 0 Å². The highest BCUT2D eigenvalue weighted by atomic mass is 32.5. The molecule has 0 saturated carbocycles. The van der Waals surface area contributed by atoms with Crippen molar-refractivity contribution in [2.45, 2.75) is 26.7 Å². The molecule has 0 rings (SSSR count). The van der Waals surface area contributed by atoms with Gasteiger partial charge in [-0.3, -0.25) is 0 Å².